The maximum Gasteiger partial charge on any atom is 0.226 e. The normalized spacial score (nSPS) is 14.8. The van der Waals surface area contributed by atoms with Crippen LogP contribution in [0.25, 0.3) is 22.7 Å². The first kappa shape index (κ1) is 16.9. The van der Waals surface area contributed by atoms with E-state index in [2.05, 4.69) is 15.1 Å². The molecule has 0 atom stereocenters. The molecular formula is C21H24N4O. The summed E-state index contributed by atoms with van der Waals surface area (Å²) in [7, 11) is 0. The molecule has 1 saturated heterocycles. The number of rotatable bonds is 5. The fourth-order valence-corrected chi connectivity index (χ4v) is 3.39. The summed E-state index contributed by atoms with van der Waals surface area (Å²) < 4.78 is 5.92. The van der Waals surface area contributed by atoms with Crippen molar-refractivity contribution in [1.29, 1.82) is 0 Å². The van der Waals surface area contributed by atoms with E-state index in [1.165, 1.54) is 25.9 Å². The Morgan fingerprint density at radius 3 is 2.35 bits per heavy atom. The minimum absolute atomic E-state index is 0.695. The molecule has 0 spiro atoms. The fraction of sp³-hybridized carbons (Fsp3) is 0.381. The molecule has 1 aromatic carbocycles. The second-order valence-corrected chi connectivity index (χ2v) is 6.96. The predicted octanol–water partition coefficient (Wildman–Crippen LogP) is 4.05. The third-order valence-electron chi connectivity index (χ3n) is 4.98. The van der Waals surface area contributed by atoms with Gasteiger partial charge in [0.25, 0.3) is 0 Å². The van der Waals surface area contributed by atoms with Crippen LogP contribution in [0, 0.1) is 13.8 Å². The van der Waals surface area contributed by atoms with Gasteiger partial charge in [0, 0.05) is 24.1 Å². The van der Waals surface area contributed by atoms with Crippen LogP contribution in [-0.2, 0) is 6.42 Å². The zero-order chi connectivity index (χ0) is 17.9. The summed E-state index contributed by atoms with van der Waals surface area (Å²) in [5.41, 5.74) is 4.89. The molecule has 0 bridgehead atoms. The SMILES string of the molecule is Cc1ccc(-c2ccc(-c3nc(CCN4CCCC4)c(C)o3)cc2)nn1. The average Bonchev–Trinajstić information content (AvgIpc) is 3.30. The molecule has 0 aliphatic carbocycles. The molecule has 1 fully saturated rings. The molecule has 0 saturated carbocycles. The van der Waals surface area contributed by atoms with Gasteiger partial charge in [0.1, 0.15) is 5.76 Å². The second-order valence-electron chi connectivity index (χ2n) is 6.96. The van der Waals surface area contributed by atoms with Gasteiger partial charge in [-0.2, -0.15) is 10.2 Å². The lowest BCUT2D eigenvalue weighted by Crippen LogP contribution is -2.22. The van der Waals surface area contributed by atoms with Crippen molar-refractivity contribution in [2.75, 3.05) is 19.6 Å². The average molecular weight is 348 g/mol. The van der Waals surface area contributed by atoms with Crippen LogP contribution in [0.3, 0.4) is 0 Å². The zero-order valence-corrected chi connectivity index (χ0v) is 15.4. The highest BCUT2D eigenvalue weighted by Crippen LogP contribution is 2.25. The van der Waals surface area contributed by atoms with E-state index in [0.717, 1.165) is 46.9 Å². The van der Waals surface area contributed by atoms with E-state index >= 15 is 0 Å². The molecule has 5 heteroatoms. The monoisotopic (exact) mass is 348 g/mol. The van der Waals surface area contributed by atoms with Crippen LogP contribution in [0.5, 0.6) is 0 Å². The summed E-state index contributed by atoms with van der Waals surface area (Å²) in [4.78, 5) is 7.24. The van der Waals surface area contributed by atoms with Gasteiger partial charge in [-0.15, -0.1) is 0 Å². The molecule has 0 radical (unpaired) electrons. The molecule has 0 unspecified atom stereocenters. The summed E-state index contributed by atoms with van der Waals surface area (Å²) in [5, 5.41) is 8.36. The minimum Gasteiger partial charge on any atom is -0.441 e. The summed E-state index contributed by atoms with van der Waals surface area (Å²) >= 11 is 0. The van der Waals surface area contributed by atoms with E-state index in [9.17, 15) is 0 Å². The van der Waals surface area contributed by atoms with Crippen LogP contribution >= 0.6 is 0 Å². The number of nitrogens with zero attached hydrogens (tertiary/aromatic N) is 4. The van der Waals surface area contributed by atoms with Crippen LogP contribution in [-0.4, -0.2) is 39.7 Å². The van der Waals surface area contributed by atoms with E-state index < -0.39 is 0 Å². The molecule has 4 rings (SSSR count). The minimum atomic E-state index is 0.695. The van der Waals surface area contributed by atoms with Crippen LogP contribution in [0.1, 0.15) is 30.0 Å². The Hall–Kier alpha value is -2.53. The van der Waals surface area contributed by atoms with Crippen LogP contribution in [0.2, 0.25) is 0 Å². The van der Waals surface area contributed by atoms with E-state index in [0.29, 0.717) is 5.89 Å². The van der Waals surface area contributed by atoms with Gasteiger partial charge < -0.3 is 9.32 Å². The maximum atomic E-state index is 5.92. The predicted molar refractivity (Wildman–Crippen MR) is 102 cm³/mol. The fourth-order valence-electron chi connectivity index (χ4n) is 3.39. The highest BCUT2D eigenvalue weighted by atomic mass is 16.4. The quantitative estimate of drug-likeness (QED) is 0.696. The van der Waals surface area contributed by atoms with Gasteiger partial charge in [-0.05, 0) is 64.0 Å². The van der Waals surface area contributed by atoms with Gasteiger partial charge in [0.2, 0.25) is 5.89 Å². The van der Waals surface area contributed by atoms with Gasteiger partial charge in [-0.3, -0.25) is 0 Å². The third-order valence-corrected chi connectivity index (χ3v) is 4.98. The molecule has 1 aliphatic heterocycles. The van der Waals surface area contributed by atoms with Crippen molar-refractivity contribution in [3.63, 3.8) is 0 Å². The van der Waals surface area contributed by atoms with E-state index in [1.807, 2.05) is 50.2 Å². The zero-order valence-electron chi connectivity index (χ0n) is 15.4. The smallest absolute Gasteiger partial charge is 0.226 e. The lowest BCUT2D eigenvalue weighted by atomic mass is 10.1. The lowest BCUT2D eigenvalue weighted by Gasteiger charge is -2.12. The Balaban J connectivity index is 1.48. The standard InChI is InChI=1S/C21H24N4O/c1-15-5-10-20(24-23-15)17-6-8-18(9-7-17)21-22-19(16(2)26-21)11-14-25-12-3-4-13-25/h5-10H,3-4,11-14H2,1-2H3. The van der Waals surface area contributed by atoms with Crippen LogP contribution < -0.4 is 0 Å². The number of oxazole rings is 1. The topological polar surface area (TPSA) is 55.1 Å². The van der Waals surface area contributed by atoms with Crippen molar-refractivity contribution in [3.8, 4) is 22.7 Å². The summed E-state index contributed by atoms with van der Waals surface area (Å²) in [6.45, 7) is 7.44. The number of hydrogen-bond donors (Lipinski definition) is 0. The van der Waals surface area contributed by atoms with Crippen molar-refractivity contribution in [2.24, 2.45) is 0 Å². The highest BCUT2D eigenvalue weighted by Gasteiger charge is 2.15. The largest absolute Gasteiger partial charge is 0.441 e. The molecule has 3 aromatic rings. The van der Waals surface area contributed by atoms with Crippen molar-refractivity contribution in [1.82, 2.24) is 20.1 Å². The Morgan fingerprint density at radius 2 is 1.65 bits per heavy atom. The van der Waals surface area contributed by atoms with Crippen LogP contribution in [0.4, 0.5) is 0 Å². The first-order valence-corrected chi connectivity index (χ1v) is 9.29. The molecule has 5 nitrogen and oxygen atoms in total. The number of hydrogen-bond acceptors (Lipinski definition) is 5. The van der Waals surface area contributed by atoms with Gasteiger partial charge in [0.15, 0.2) is 0 Å². The third kappa shape index (κ3) is 3.68. The molecule has 0 N–H and O–H groups in total. The van der Waals surface area contributed by atoms with Gasteiger partial charge >= 0.3 is 0 Å². The lowest BCUT2D eigenvalue weighted by molar-refractivity contribution is 0.341. The number of benzene rings is 1. The van der Waals surface area contributed by atoms with E-state index in [1.54, 1.807) is 0 Å². The summed E-state index contributed by atoms with van der Waals surface area (Å²) in [6, 6.07) is 12.1. The molecule has 1 aliphatic rings. The van der Waals surface area contributed by atoms with Gasteiger partial charge in [0.05, 0.1) is 17.1 Å². The van der Waals surface area contributed by atoms with Crippen molar-refractivity contribution in [3.05, 3.63) is 53.5 Å². The molecule has 2 aromatic heterocycles. The first-order chi connectivity index (χ1) is 12.7. The maximum absolute atomic E-state index is 5.92. The Morgan fingerprint density at radius 1 is 0.923 bits per heavy atom. The Bertz CT molecular complexity index is 862. The first-order valence-electron chi connectivity index (χ1n) is 9.29. The van der Waals surface area contributed by atoms with Crippen molar-refractivity contribution < 1.29 is 4.42 Å². The molecule has 3 heterocycles. The number of aromatic nitrogens is 3. The molecular weight excluding hydrogens is 324 g/mol. The number of likely N-dealkylation sites (tertiary alicyclic amines) is 1. The number of aryl methyl sites for hydroxylation is 2. The van der Waals surface area contributed by atoms with Crippen molar-refractivity contribution in [2.45, 2.75) is 33.1 Å². The van der Waals surface area contributed by atoms with Gasteiger partial charge in [-0.25, -0.2) is 4.98 Å². The van der Waals surface area contributed by atoms with Crippen molar-refractivity contribution >= 4 is 0 Å². The Labute approximate surface area is 154 Å². The molecule has 26 heavy (non-hydrogen) atoms. The Kier molecular flexibility index (Phi) is 4.80. The summed E-state index contributed by atoms with van der Waals surface area (Å²) in [6.07, 6.45) is 3.59. The second kappa shape index (κ2) is 7.38. The van der Waals surface area contributed by atoms with Crippen LogP contribution in [0.15, 0.2) is 40.8 Å². The van der Waals surface area contributed by atoms with E-state index in [-0.39, 0.29) is 0 Å². The molecule has 134 valence electrons. The summed E-state index contributed by atoms with van der Waals surface area (Å²) in [5.74, 6) is 1.62. The highest BCUT2D eigenvalue weighted by molar-refractivity contribution is 5.64. The van der Waals surface area contributed by atoms with E-state index in [4.69, 9.17) is 9.40 Å². The molecule has 0 amide bonds. The van der Waals surface area contributed by atoms with Gasteiger partial charge in [-0.1, -0.05) is 12.1 Å².